The largest absolute Gasteiger partial charge is 0.494 e. The first-order chi connectivity index (χ1) is 20.3. The highest BCUT2D eigenvalue weighted by molar-refractivity contribution is 7.07. The van der Waals surface area contributed by atoms with Crippen molar-refractivity contribution in [3.63, 3.8) is 0 Å². The lowest BCUT2D eigenvalue weighted by atomic mass is 9.95. The van der Waals surface area contributed by atoms with E-state index in [1.54, 1.807) is 29.7 Å². The van der Waals surface area contributed by atoms with Gasteiger partial charge in [-0.2, -0.15) is 0 Å². The highest BCUT2D eigenvalue weighted by Crippen LogP contribution is 2.37. The van der Waals surface area contributed by atoms with Gasteiger partial charge < -0.3 is 19.5 Å². The van der Waals surface area contributed by atoms with Crippen LogP contribution < -0.4 is 34.4 Å². The topological polar surface area (TPSA) is 91.2 Å². The highest BCUT2D eigenvalue weighted by atomic mass is 35.5. The van der Waals surface area contributed by atoms with Crippen molar-refractivity contribution in [1.29, 1.82) is 0 Å². The summed E-state index contributed by atoms with van der Waals surface area (Å²) < 4.78 is 18.8. The number of rotatable bonds is 9. The first kappa shape index (κ1) is 29.2. The number of anilines is 1. The van der Waals surface area contributed by atoms with Gasteiger partial charge in [-0.05, 0) is 74.4 Å². The first-order valence-electron chi connectivity index (χ1n) is 13.5. The third-order valence-corrected chi connectivity index (χ3v) is 7.91. The Morgan fingerprint density at radius 1 is 1.07 bits per heavy atom. The average molecular weight is 604 g/mol. The number of carbonyl (C=O) groups is 1. The van der Waals surface area contributed by atoms with E-state index >= 15 is 0 Å². The minimum Gasteiger partial charge on any atom is -0.494 e. The Labute approximate surface area is 252 Å². The maximum atomic E-state index is 14.0. The molecule has 1 amide bonds. The van der Waals surface area contributed by atoms with E-state index < -0.39 is 6.04 Å². The predicted molar refractivity (Wildman–Crippen MR) is 166 cm³/mol. The zero-order valence-electron chi connectivity index (χ0n) is 23.6. The van der Waals surface area contributed by atoms with Crippen LogP contribution in [0.3, 0.4) is 0 Å². The smallest absolute Gasteiger partial charge is 0.271 e. The fourth-order valence-electron chi connectivity index (χ4n) is 4.82. The fraction of sp³-hybridized carbons (Fsp3) is 0.219. The molecule has 216 valence electrons. The van der Waals surface area contributed by atoms with Gasteiger partial charge in [-0.3, -0.25) is 14.2 Å². The summed E-state index contributed by atoms with van der Waals surface area (Å²) in [7, 11) is 1.54. The van der Waals surface area contributed by atoms with Gasteiger partial charge in [0.2, 0.25) is 0 Å². The number of hydrogen-bond donors (Lipinski definition) is 1. The van der Waals surface area contributed by atoms with Crippen molar-refractivity contribution in [2.75, 3.05) is 25.6 Å². The Balaban J connectivity index is 1.65. The summed E-state index contributed by atoms with van der Waals surface area (Å²) in [6.45, 7) is 6.52. The molecule has 42 heavy (non-hydrogen) atoms. The second kappa shape index (κ2) is 12.7. The summed E-state index contributed by atoms with van der Waals surface area (Å²) in [5.74, 6) is 1.27. The predicted octanol–water partition coefficient (Wildman–Crippen LogP) is 5.33. The Morgan fingerprint density at radius 2 is 1.79 bits per heavy atom. The normalized spacial score (nSPS) is 14.7. The molecule has 0 radical (unpaired) electrons. The Bertz CT molecular complexity index is 1830. The van der Waals surface area contributed by atoms with Gasteiger partial charge in [-0.1, -0.05) is 53.3 Å². The van der Waals surface area contributed by atoms with Gasteiger partial charge >= 0.3 is 0 Å². The van der Waals surface area contributed by atoms with E-state index in [2.05, 4.69) is 5.32 Å². The van der Waals surface area contributed by atoms with Crippen molar-refractivity contribution < 1.29 is 19.0 Å². The minimum atomic E-state index is -0.707. The van der Waals surface area contributed by atoms with Crippen LogP contribution in [-0.4, -0.2) is 30.8 Å². The quantitative estimate of drug-likeness (QED) is 0.279. The second-order valence-electron chi connectivity index (χ2n) is 9.37. The Morgan fingerprint density at radius 3 is 2.45 bits per heavy atom. The number of nitrogens with one attached hydrogen (secondary N) is 1. The number of fused-ring (bicyclic) bond motifs is 1. The van der Waals surface area contributed by atoms with E-state index in [9.17, 15) is 9.59 Å². The summed E-state index contributed by atoms with van der Waals surface area (Å²) in [6, 6.07) is 19.4. The van der Waals surface area contributed by atoms with Crippen LogP contribution in [0.1, 0.15) is 37.9 Å². The van der Waals surface area contributed by atoms with Gasteiger partial charge in [0.15, 0.2) is 16.3 Å². The number of thiazole rings is 1. The molecule has 1 aromatic heterocycles. The van der Waals surface area contributed by atoms with Gasteiger partial charge in [-0.25, -0.2) is 4.99 Å². The van der Waals surface area contributed by atoms with E-state index in [1.807, 2.05) is 68.4 Å². The molecule has 0 saturated carbocycles. The van der Waals surface area contributed by atoms with Crippen LogP contribution >= 0.6 is 22.9 Å². The van der Waals surface area contributed by atoms with Gasteiger partial charge in [0, 0.05) is 5.69 Å². The molecule has 1 aliphatic rings. The minimum absolute atomic E-state index is 0.279. The molecule has 0 spiro atoms. The third-order valence-electron chi connectivity index (χ3n) is 6.64. The molecule has 0 aliphatic carbocycles. The maximum absolute atomic E-state index is 14.0. The lowest BCUT2D eigenvalue weighted by Gasteiger charge is -2.25. The van der Waals surface area contributed by atoms with Crippen LogP contribution in [0.2, 0.25) is 5.02 Å². The van der Waals surface area contributed by atoms with Crippen LogP contribution in [0, 0.1) is 0 Å². The zero-order chi connectivity index (χ0) is 29.8. The van der Waals surface area contributed by atoms with Gasteiger partial charge in [0.1, 0.15) is 5.75 Å². The number of methoxy groups -OCH3 is 1. The number of ether oxygens (including phenoxy) is 3. The summed E-state index contributed by atoms with van der Waals surface area (Å²) in [6.07, 6.45) is 1.74. The number of amides is 1. The molecule has 1 atom stereocenters. The SMILES string of the molecule is CCOc1ccc([C@H]2C(C(=O)Nc3ccccc3)=C(C)N=c3s/c(=C\c4cc(Cl)c(OCC)c(OC)c4)c(=O)n32)cc1. The van der Waals surface area contributed by atoms with Crippen molar-refractivity contribution in [3.8, 4) is 17.2 Å². The molecule has 0 fully saturated rings. The van der Waals surface area contributed by atoms with Crippen LogP contribution in [-0.2, 0) is 4.79 Å². The van der Waals surface area contributed by atoms with E-state index in [1.165, 1.54) is 18.4 Å². The molecule has 1 N–H and O–H groups in total. The second-order valence-corrected chi connectivity index (χ2v) is 10.8. The average Bonchev–Trinajstić information content (AvgIpc) is 3.28. The summed E-state index contributed by atoms with van der Waals surface area (Å²) >= 11 is 7.74. The number of carbonyl (C=O) groups excluding carboxylic acids is 1. The molecule has 0 unspecified atom stereocenters. The molecule has 8 nitrogen and oxygen atoms in total. The molecular weight excluding hydrogens is 574 g/mol. The third kappa shape index (κ3) is 5.84. The van der Waals surface area contributed by atoms with Gasteiger partial charge in [-0.15, -0.1) is 0 Å². The lowest BCUT2D eigenvalue weighted by Crippen LogP contribution is -2.40. The van der Waals surface area contributed by atoms with Gasteiger partial charge in [0.25, 0.3) is 11.5 Å². The van der Waals surface area contributed by atoms with Gasteiger partial charge in [0.05, 0.1) is 47.2 Å². The number of nitrogens with zero attached hydrogens (tertiary/aromatic N) is 2. The van der Waals surface area contributed by atoms with Crippen molar-refractivity contribution >= 4 is 40.6 Å². The van der Waals surface area contributed by atoms with Crippen molar-refractivity contribution in [3.05, 3.63) is 114 Å². The molecule has 3 aromatic carbocycles. The maximum Gasteiger partial charge on any atom is 0.271 e. The van der Waals surface area contributed by atoms with Crippen molar-refractivity contribution in [2.24, 2.45) is 4.99 Å². The fourth-order valence-corrected chi connectivity index (χ4v) is 6.14. The molecule has 10 heteroatoms. The number of para-hydroxylation sites is 1. The van der Waals surface area contributed by atoms with Crippen LogP contribution in [0.4, 0.5) is 5.69 Å². The molecule has 4 aromatic rings. The molecule has 5 rings (SSSR count). The van der Waals surface area contributed by atoms with Crippen molar-refractivity contribution in [1.82, 2.24) is 4.57 Å². The Hall–Kier alpha value is -4.34. The highest BCUT2D eigenvalue weighted by Gasteiger charge is 2.32. The van der Waals surface area contributed by atoms with E-state index in [4.69, 9.17) is 30.8 Å². The van der Waals surface area contributed by atoms with Crippen LogP contribution in [0.5, 0.6) is 17.2 Å². The molecule has 2 heterocycles. The van der Waals surface area contributed by atoms with Crippen molar-refractivity contribution in [2.45, 2.75) is 26.8 Å². The number of benzene rings is 3. The van der Waals surface area contributed by atoms with Crippen LogP contribution in [0.25, 0.3) is 6.08 Å². The zero-order valence-corrected chi connectivity index (χ0v) is 25.2. The Kier molecular flexibility index (Phi) is 8.80. The summed E-state index contributed by atoms with van der Waals surface area (Å²) in [4.78, 5) is 33.0. The monoisotopic (exact) mass is 603 g/mol. The number of allylic oxidation sites excluding steroid dienone is 1. The molecule has 1 aliphatic heterocycles. The first-order valence-corrected chi connectivity index (χ1v) is 14.7. The molecule has 0 bridgehead atoms. The number of aromatic nitrogens is 1. The molecular formula is C32H30ClN3O5S. The standard InChI is InChI=1S/C32H30ClN3O5S/c1-5-40-23-14-12-21(13-15-23)28-27(30(37)35-22-10-8-7-9-11-22)19(3)34-32-36(28)31(38)26(42-32)18-20-16-24(33)29(41-6-2)25(17-20)39-4/h7-18,28H,5-6H2,1-4H3,(H,35,37)/b26-18-/t28-/m0/s1. The van der Waals surface area contributed by atoms with E-state index in [-0.39, 0.29) is 11.5 Å². The van der Waals surface area contributed by atoms with E-state index in [0.717, 1.165) is 5.56 Å². The summed E-state index contributed by atoms with van der Waals surface area (Å²) in [5, 5.41) is 3.34. The number of hydrogen-bond acceptors (Lipinski definition) is 7. The van der Waals surface area contributed by atoms with E-state index in [0.29, 0.717) is 67.3 Å². The number of halogens is 1. The molecule has 0 saturated heterocycles. The lowest BCUT2D eigenvalue weighted by molar-refractivity contribution is -0.113. The van der Waals surface area contributed by atoms with Crippen LogP contribution in [0.15, 0.2) is 87.8 Å². The summed E-state index contributed by atoms with van der Waals surface area (Å²) in [5.41, 5.74) is 2.70.